The lowest BCUT2D eigenvalue weighted by Crippen LogP contribution is -2.02. The Balaban J connectivity index is 2.41. The van der Waals surface area contributed by atoms with Gasteiger partial charge < -0.3 is 4.74 Å². The van der Waals surface area contributed by atoms with E-state index < -0.39 is 0 Å². The first kappa shape index (κ1) is 10.6. The van der Waals surface area contributed by atoms with Crippen molar-refractivity contribution in [3.63, 3.8) is 0 Å². The quantitative estimate of drug-likeness (QED) is 0.733. The van der Waals surface area contributed by atoms with Crippen LogP contribution in [0.3, 0.4) is 0 Å². The predicted molar refractivity (Wildman–Crippen MR) is 58.3 cm³/mol. The average molecular weight is 219 g/mol. The SMILES string of the molecule is CCCc1nc2cc(C(=O)OC)ccn2n1. The minimum Gasteiger partial charge on any atom is -0.465 e. The fraction of sp³-hybridized carbons (Fsp3) is 0.364. The monoisotopic (exact) mass is 219 g/mol. The minimum atomic E-state index is -0.359. The van der Waals surface area contributed by atoms with Crippen LogP contribution in [0, 0.1) is 0 Å². The lowest BCUT2D eigenvalue weighted by Gasteiger charge is -1.97. The average Bonchev–Trinajstić information content (AvgIpc) is 2.69. The van der Waals surface area contributed by atoms with E-state index in [1.807, 2.05) is 0 Å². The molecule has 0 saturated carbocycles. The van der Waals surface area contributed by atoms with Gasteiger partial charge in [-0.3, -0.25) is 0 Å². The van der Waals surface area contributed by atoms with Crippen molar-refractivity contribution in [1.82, 2.24) is 14.6 Å². The molecule has 0 fully saturated rings. The van der Waals surface area contributed by atoms with Gasteiger partial charge in [-0.1, -0.05) is 6.92 Å². The number of nitrogens with zero attached hydrogens (tertiary/aromatic N) is 3. The number of methoxy groups -OCH3 is 1. The van der Waals surface area contributed by atoms with Gasteiger partial charge in [-0.2, -0.15) is 5.10 Å². The third-order valence-corrected chi connectivity index (χ3v) is 2.28. The third-order valence-electron chi connectivity index (χ3n) is 2.28. The molecule has 0 unspecified atom stereocenters. The van der Waals surface area contributed by atoms with Gasteiger partial charge in [-0.25, -0.2) is 14.3 Å². The van der Waals surface area contributed by atoms with E-state index in [2.05, 4.69) is 21.7 Å². The maximum Gasteiger partial charge on any atom is 0.338 e. The van der Waals surface area contributed by atoms with Crippen LogP contribution in [0.1, 0.15) is 29.5 Å². The number of hydrogen-bond donors (Lipinski definition) is 0. The first-order valence-corrected chi connectivity index (χ1v) is 5.18. The number of aromatic nitrogens is 3. The van der Waals surface area contributed by atoms with Crippen LogP contribution in [0.4, 0.5) is 0 Å². The fourth-order valence-corrected chi connectivity index (χ4v) is 1.50. The summed E-state index contributed by atoms with van der Waals surface area (Å²) in [6.07, 6.45) is 3.56. The van der Waals surface area contributed by atoms with Crippen LogP contribution in [-0.2, 0) is 11.2 Å². The molecule has 0 aromatic carbocycles. The Morgan fingerprint density at radius 3 is 3.06 bits per heavy atom. The van der Waals surface area contributed by atoms with Crippen molar-refractivity contribution in [1.29, 1.82) is 0 Å². The van der Waals surface area contributed by atoms with Gasteiger partial charge in [-0.15, -0.1) is 0 Å². The summed E-state index contributed by atoms with van der Waals surface area (Å²) in [6, 6.07) is 3.35. The van der Waals surface area contributed by atoms with Crippen molar-refractivity contribution in [2.45, 2.75) is 19.8 Å². The summed E-state index contributed by atoms with van der Waals surface area (Å²) in [4.78, 5) is 15.6. The number of fused-ring (bicyclic) bond motifs is 1. The molecule has 0 aliphatic rings. The highest BCUT2D eigenvalue weighted by Crippen LogP contribution is 2.07. The van der Waals surface area contributed by atoms with Crippen LogP contribution in [0.15, 0.2) is 18.3 Å². The van der Waals surface area contributed by atoms with Gasteiger partial charge >= 0.3 is 5.97 Å². The van der Waals surface area contributed by atoms with Crippen molar-refractivity contribution < 1.29 is 9.53 Å². The second kappa shape index (κ2) is 4.30. The fourth-order valence-electron chi connectivity index (χ4n) is 1.50. The van der Waals surface area contributed by atoms with Gasteiger partial charge in [0.2, 0.25) is 0 Å². The molecule has 2 heterocycles. The highest BCUT2D eigenvalue weighted by atomic mass is 16.5. The Morgan fingerprint density at radius 2 is 2.38 bits per heavy atom. The van der Waals surface area contributed by atoms with Gasteiger partial charge in [0.25, 0.3) is 0 Å². The Labute approximate surface area is 93.1 Å². The van der Waals surface area contributed by atoms with Gasteiger partial charge in [0.05, 0.1) is 12.7 Å². The number of hydrogen-bond acceptors (Lipinski definition) is 4. The first-order valence-electron chi connectivity index (χ1n) is 5.18. The molecular formula is C11H13N3O2. The van der Waals surface area contributed by atoms with Crippen molar-refractivity contribution in [3.8, 4) is 0 Å². The van der Waals surface area contributed by atoms with Gasteiger partial charge in [0.1, 0.15) is 0 Å². The normalized spacial score (nSPS) is 10.6. The largest absolute Gasteiger partial charge is 0.465 e. The Kier molecular flexibility index (Phi) is 2.85. The van der Waals surface area contributed by atoms with E-state index in [0.29, 0.717) is 11.2 Å². The highest BCUT2D eigenvalue weighted by molar-refractivity contribution is 5.90. The van der Waals surface area contributed by atoms with Crippen LogP contribution >= 0.6 is 0 Å². The smallest absolute Gasteiger partial charge is 0.338 e. The molecule has 0 spiro atoms. The summed E-state index contributed by atoms with van der Waals surface area (Å²) in [5.74, 6) is 0.437. The minimum absolute atomic E-state index is 0.359. The first-order chi connectivity index (χ1) is 7.74. The summed E-state index contributed by atoms with van der Waals surface area (Å²) < 4.78 is 6.31. The van der Waals surface area contributed by atoms with E-state index >= 15 is 0 Å². The standard InChI is InChI=1S/C11H13N3O2/c1-3-4-9-12-10-7-8(11(15)16-2)5-6-14(10)13-9/h5-7H,3-4H2,1-2H3. The number of pyridine rings is 1. The number of esters is 1. The summed E-state index contributed by atoms with van der Waals surface area (Å²) in [5, 5.41) is 4.28. The van der Waals surface area contributed by atoms with Gasteiger partial charge in [-0.05, 0) is 18.6 Å². The maximum atomic E-state index is 11.3. The van der Waals surface area contributed by atoms with Crippen molar-refractivity contribution in [3.05, 3.63) is 29.7 Å². The highest BCUT2D eigenvalue weighted by Gasteiger charge is 2.08. The lowest BCUT2D eigenvalue weighted by atomic mass is 10.3. The predicted octanol–water partition coefficient (Wildman–Crippen LogP) is 1.47. The molecule has 0 radical (unpaired) electrons. The molecule has 5 heteroatoms. The molecule has 2 aromatic rings. The molecule has 0 aliphatic carbocycles. The zero-order valence-corrected chi connectivity index (χ0v) is 9.30. The van der Waals surface area contributed by atoms with Gasteiger partial charge in [0, 0.05) is 12.6 Å². The number of ether oxygens (including phenoxy) is 1. The maximum absolute atomic E-state index is 11.3. The Hall–Kier alpha value is -1.91. The van der Waals surface area contributed by atoms with E-state index in [-0.39, 0.29) is 5.97 Å². The molecule has 5 nitrogen and oxygen atoms in total. The lowest BCUT2D eigenvalue weighted by molar-refractivity contribution is 0.0600. The third kappa shape index (κ3) is 1.88. The van der Waals surface area contributed by atoms with Gasteiger partial charge in [0.15, 0.2) is 11.5 Å². The topological polar surface area (TPSA) is 56.5 Å². The summed E-state index contributed by atoms with van der Waals surface area (Å²) in [5.41, 5.74) is 1.16. The zero-order valence-electron chi connectivity index (χ0n) is 9.30. The van der Waals surface area contributed by atoms with E-state index in [1.165, 1.54) is 7.11 Å². The van der Waals surface area contributed by atoms with Crippen LogP contribution in [0.2, 0.25) is 0 Å². The van der Waals surface area contributed by atoms with Crippen molar-refractivity contribution in [2.24, 2.45) is 0 Å². The summed E-state index contributed by atoms with van der Waals surface area (Å²) in [7, 11) is 1.36. The Morgan fingerprint density at radius 1 is 1.56 bits per heavy atom. The summed E-state index contributed by atoms with van der Waals surface area (Å²) >= 11 is 0. The molecule has 2 aromatic heterocycles. The molecule has 16 heavy (non-hydrogen) atoms. The van der Waals surface area contributed by atoms with Crippen LogP contribution in [0.25, 0.3) is 5.65 Å². The van der Waals surface area contributed by atoms with Crippen molar-refractivity contribution in [2.75, 3.05) is 7.11 Å². The molecule has 2 rings (SSSR count). The van der Waals surface area contributed by atoms with E-state index in [1.54, 1.807) is 22.8 Å². The van der Waals surface area contributed by atoms with Crippen molar-refractivity contribution >= 4 is 11.6 Å². The molecule has 0 bridgehead atoms. The van der Waals surface area contributed by atoms with Crippen LogP contribution < -0.4 is 0 Å². The zero-order chi connectivity index (χ0) is 11.5. The van der Waals surface area contributed by atoms with E-state index in [4.69, 9.17) is 0 Å². The second-order valence-electron chi connectivity index (χ2n) is 3.49. The number of carbonyl (C=O) groups excluding carboxylic acids is 1. The van der Waals surface area contributed by atoms with E-state index in [9.17, 15) is 4.79 Å². The van der Waals surface area contributed by atoms with E-state index in [0.717, 1.165) is 18.7 Å². The summed E-state index contributed by atoms with van der Waals surface area (Å²) in [6.45, 7) is 2.07. The number of aryl methyl sites for hydroxylation is 1. The number of carbonyl (C=O) groups is 1. The number of rotatable bonds is 3. The molecule has 0 saturated heterocycles. The molecule has 0 atom stereocenters. The second-order valence-corrected chi connectivity index (χ2v) is 3.49. The Bertz CT molecular complexity index is 519. The molecule has 0 aliphatic heterocycles. The molecular weight excluding hydrogens is 206 g/mol. The molecule has 0 amide bonds. The van der Waals surface area contributed by atoms with Crippen LogP contribution in [-0.4, -0.2) is 27.7 Å². The molecule has 0 N–H and O–H groups in total. The van der Waals surface area contributed by atoms with Crippen LogP contribution in [0.5, 0.6) is 0 Å². The molecule has 84 valence electrons.